The lowest BCUT2D eigenvalue weighted by molar-refractivity contribution is 0.424. The van der Waals surface area contributed by atoms with Crippen molar-refractivity contribution in [2.24, 2.45) is 0 Å². The lowest BCUT2D eigenvalue weighted by Crippen LogP contribution is -2.35. The van der Waals surface area contributed by atoms with E-state index in [9.17, 15) is 4.39 Å². The molecule has 1 N–H and O–H groups in total. The summed E-state index contributed by atoms with van der Waals surface area (Å²) in [6.07, 6.45) is 3.56. The number of nitrogens with zero attached hydrogens (tertiary/aromatic N) is 2. The quantitative estimate of drug-likeness (QED) is 0.882. The number of aromatic nitrogens is 2. The molecule has 2 aromatic rings. The van der Waals surface area contributed by atoms with Crippen molar-refractivity contribution >= 4 is 0 Å². The normalized spacial score (nSPS) is 11.8. The average molecular weight is 233 g/mol. The first-order chi connectivity index (χ1) is 8.04. The Labute approximate surface area is 100 Å². The molecule has 0 unspecified atom stereocenters. The summed E-state index contributed by atoms with van der Waals surface area (Å²) in [5.74, 6) is -0.233. The third-order valence-corrected chi connectivity index (χ3v) is 3.01. The summed E-state index contributed by atoms with van der Waals surface area (Å²) in [7, 11) is 1.90. The van der Waals surface area contributed by atoms with E-state index >= 15 is 0 Å². The minimum atomic E-state index is -0.233. The van der Waals surface area contributed by atoms with Crippen molar-refractivity contribution in [1.29, 1.82) is 0 Å². The van der Waals surface area contributed by atoms with Crippen LogP contribution in [0.1, 0.15) is 19.5 Å². The Hall–Kier alpha value is -1.68. The van der Waals surface area contributed by atoms with Crippen LogP contribution in [-0.2, 0) is 5.54 Å². The fourth-order valence-corrected chi connectivity index (χ4v) is 1.69. The zero-order valence-corrected chi connectivity index (χ0v) is 10.2. The predicted molar refractivity (Wildman–Crippen MR) is 65.6 cm³/mol. The van der Waals surface area contributed by atoms with Gasteiger partial charge in [-0.25, -0.2) is 9.37 Å². The summed E-state index contributed by atoms with van der Waals surface area (Å²) in [5, 5.41) is 3.23. The molecule has 0 aliphatic rings. The maximum absolute atomic E-state index is 12.9. The van der Waals surface area contributed by atoms with Crippen molar-refractivity contribution < 1.29 is 4.39 Å². The van der Waals surface area contributed by atoms with Gasteiger partial charge in [0.2, 0.25) is 0 Å². The monoisotopic (exact) mass is 233 g/mol. The first kappa shape index (κ1) is 11.8. The summed E-state index contributed by atoms with van der Waals surface area (Å²) in [6.45, 7) is 4.15. The van der Waals surface area contributed by atoms with Crippen molar-refractivity contribution in [3.05, 3.63) is 48.3 Å². The van der Waals surface area contributed by atoms with Crippen LogP contribution in [0.15, 0.2) is 36.8 Å². The van der Waals surface area contributed by atoms with Crippen LogP contribution in [0.4, 0.5) is 4.39 Å². The third-order valence-electron chi connectivity index (χ3n) is 3.01. The molecule has 1 heterocycles. The Morgan fingerprint density at radius 3 is 2.47 bits per heavy atom. The smallest absolute Gasteiger partial charge is 0.123 e. The zero-order valence-electron chi connectivity index (χ0n) is 10.2. The van der Waals surface area contributed by atoms with Crippen LogP contribution in [0.2, 0.25) is 0 Å². The molecule has 2 rings (SSSR count). The van der Waals surface area contributed by atoms with Gasteiger partial charge in [-0.15, -0.1) is 0 Å². The summed E-state index contributed by atoms with van der Waals surface area (Å²) >= 11 is 0. The molecule has 1 aromatic carbocycles. The second kappa shape index (κ2) is 4.30. The van der Waals surface area contributed by atoms with Crippen LogP contribution in [0.25, 0.3) is 5.69 Å². The standard InChI is InChI=1S/C13H16FN3/c1-13(2,15-3)12-8-16-9-17(12)11-6-4-10(14)5-7-11/h4-9,15H,1-3H3. The minimum absolute atomic E-state index is 0.190. The van der Waals surface area contributed by atoms with Crippen LogP contribution in [-0.4, -0.2) is 16.6 Å². The zero-order chi connectivity index (χ0) is 12.5. The molecule has 0 aliphatic heterocycles. The van der Waals surface area contributed by atoms with Gasteiger partial charge in [-0.2, -0.15) is 0 Å². The summed E-state index contributed by atoms with van der Waals surface area (Å²) in [5.41, 5.74) is 1.75. The summed E-state index contributed by atoms with van der Waals surface area (Å²) < 4.78 is 14.8. The Morgan fingerprint density at radius 2 is 1.88 bits per heavy atom. The Morgan fingerprint density at radius 1 is 1.24 bits per heavy atom. The third kappa shape index (κ3) is 2.22. The lowest BCUT2D eigenvalue weighted by atomic mass is 10.0. The van der Waals surface area contributed by atoms with Crippen molar-refractivity contribution in [2.75, 3.05) is 7.05 Å². The highest BCUT2D eigenvalue weighted by atomic mass is 19.1. The number of nitrogens with one attached hydrogen (secondary N) is 1. The molecule has 3 nitrogen and oxygen atoms in total. The van der Waals surface area contributed by atoms with Gasteiger partial charge in [-0.3, -0.25) is 0 Å². The molecule has 17 heavy (non-hydrogen) atoms. The predicted octanol–water partition coefficient (Wildman–Crippen LogP) is 2.47. The van der Waals surface area contributed by atoms with Gasteiger partial charge < -0.3 is 9.88 Å². The Balaban J connectivity index is 2.47. The molecule has 4 heteroatoms. The van der Waals surface area contributed by atoms with Gasteiger partial charge in [0.1, 0.15) is 5.82 Å². The van der Waals surface area contributed by atoms with Gasteiger partial charge in [0.05, 0.1) is 23.8 Å². The minimum Gasteiger partial charge on any atom is -0.310 e. The van der Waals surface area contributed by atoms with Crippen LogP contribution in [0.3, 0.4) is 0 Å². The first-order valence-corrected chi connectivity index (χ1v) is 5.52. The van der Waals surface area contributed by atoms with Crippen molar-refractivity contribution in [3.8, 4) is 5.69 Å². The lowest BCUT2D eigenvalue weighted by Gasteiger charge is -2.25. The molecular formula is C13H16FN3. The molecule has 90 valence electrons. The van der Waals surface area contributed by atoms with Crippen LogP contribution in [0, 0.1) is 5.82 Å². The van der Waals surface area contributed by atoms with Gasteiger partial charge in [-0.1, -0.05) is 0 Å². The van der Waals surface area contributed by atoms with Crippen LogP contribution >= 0.6 is 0 Å². The van der Waals surface area contributed by atoms with Gasteiger partial charge in [-0.05, 0) is 45.2 Å². The fourth-order valence-electron chi connectivity index (χ4n) is 1.69. The second-order valence-electron chi connectivity index (χ2n) is 4.50. The van der Waals surface area contributed by atoms with Crippen LogP contribution < -0.4 is 5.32 Å². The molecule has 0 saturated carbocycles. The van der Waals surface area contributed by atoms with Gasteiger partial charge in [0.25, 0.3) is 0 Å². The highest BCUT2D eigenvalue weighted by molar-refractivity contribution is 5.35. The van der Waals surface area contributed by atoms with Crippen molar-refractivity contribution in [3.63, 3.8) is 0 Å². The molecule has 0 radical (unpaired) electrons. The molecule has 1 aromatic heterocycles. The van der Waals surface area contributed by atoms with E-state index in [1.54, 1.807) is 18.5 Å². The Bertz CT molecular complexity index is 500. The molecule has 0 amide bonds. The number of benzene rings is 1. The maximum atomic E-state index is 12.9. The Kier molecular flexibility index (Phi) is 2.98. The van der Waals surface area contributed by atoms with E-state index in [-0.39, 0.29) is 11.4 Å². The van der Waals surface area contributed by atoms with Crippen LogP contribution in [0.5, 0.6) is 0 Å². The van der Waals surface area contributed by atoms with Gasteiger partial charge in [0.15, 0.2) is 0 Å². The second-order valence-corrected chi connectivity index (χ2v) is 4.50. The highest BCUT2D eigenvalue weighted by Crippen LogP contribution is 2.22. The SMILES string of the molecule is CNC(C)(C)c1cncn1-c1ccc(F)cc1. The van der Waals surface area contributed by atoms with Crippen molar-refractivity contribution in [2.45, 2.75) is 19.4 Å². The highest BCUT2D eigenvalue weighted by Gasteiger charge is 2.22. The number of halogens is 1. The van der Waals surface area contributed by atoms with E-state index in [1.165, 1.54) is 12.1 Å². The number of hydrogen-bond acceptors (Lipinski definition) is 2. The number of rotatable bonds is 3. The summed E-state index contributed by atoms with van der Waals surface area (Å²) in [6, 6.07) is 6.38. The molecule has 0 bridgehead atoms. The van der Waals surface area contributed by atoms with E-state index in [2.05, 4.69) is 24.1 Å². The molecule has 0 aliphatic carbocycles. The van der Waals surface area contributed by atoms with E-state index in [0.29, 0.717) is 0 Å². The summed E-state index contributed by atoms with van der Waals surface area (Å²) in [4.78, 5) is 4.16. The molecule has 0 fully saturated rings. The fraction of sp³-hybridized carbons (Fsp3) is 0.308. The average Bonchev–Trinajstić information content (AvgIpc) is 2.80. The first-order valence-electron chi connectivity index (χ1n) is 5.52. The molecule has 0 spiro atoms. The number of imidazole rings is 1. The van der Waals surface area contributed by atoms with E-state index in [0.717, 1.165) is 11.4 Å². The molecular weight excluding hydrogens is 217 g/mol. The topological polar surface area (TPSA) is 29.9 Å². The molecule has 0 saturated heterocycles. The van der Waals surface area contributed by atoms with Gasteiger partial charge in [0, 0.05) is 5.69 Å². The van der Waals surface area contributed by atoms with Crippen molar-refractivity contribution in [1.82, 2.24) is 14.9 Å². The van der Waals surface area contributed by atoms with E-state index < -0.39 is 0 Å². The number of hydrogen-bond donors (Lipinski definition) is 1. The van der Waals surface area contributed by atoms with E-state index in [1.807, 2.05) is 17.8 Å². The van der Waals surface area contributed by atoms with E-state index in [4.69, 9.17) is 0 Å². The van der Waals surface area contributed by atoms with Gasteiger partial charge >= 0.3 is 0 Å². The largest absolute Gasteiger partial charge is 0.310 e. The maximum Gasteiger partial charge on any atom is 0.123 e. The molecule has 0 atom stereocenters.